The van der Waals surface area contributed by atoms with Gasteiger partial charge >= 0.3 is 0 Å². The summed E-state index contributed by atoms with van der Waals surface area (Å²) in [4.78, 5) is 12.9. The zero-order valence-electron chi connectivity index (χ0n) is 18.5. The number of nitrogens with one attached hydrogen (secondary N) is 1. The van der Waals surface area contributed by atoms with Crippen molar-refractivity contribution in [2.45, 2.75) is 44.6 Å². The van der Waals surface area contributed by atoms with Crippen molar-refractivity contribution < 1.29 is 17.9 Å². The lowest BCUT2D eigenvalue weighted by Crippen LogP contribution is -2.35. The molecule has 4 rings (SSSR count). The van der Waals surface area contributed by atoms with Crippen LogP contribution in [-0.2, 0) is 21.4 Å². The molecule has 2 heterocycles. The highest BCUT2D eigenvalue weighted by atomic mass is 32.2. The standard InChI is InChI=1S/C24H29N3O4S/c1-3-31-22-12-11-20(16-23(22)32(29,30)26-13-7-4-8-14-26)25-24(28)17-27-18(2)15-19-9-5-6-10-21(19)27/h5-6,9-12,15-16H,3-4,7-8,13-14,17H2,1-2H3,(H,25,28). The summed E-state index contributed by atoms with van der Waals surface area (Å²) < 4.78 is 35.7. The fraction of sp³-hybridized carbons (Fsp3) is 0.375. The van der Waals surface area contributed by atoms with E-state index in [0.717, 1.165) is 35.9 Å². The van der Waals surface area contributed by atoms with Crippen molar-refractivity contribution in [3.63, 3.8) is 0 Å². The molecule has 0 aliphatic carbocycles. The summed E-state index contributed by atoms with van der Waals surface area (Å²) in [5.41, 5.74) is 2.41. The zero-order chi connectivity index (χ0) is 22.7. The molecule has 0 bridgehead atoms. The molecule has 1 aliphatic heterocycles. The predicted molar refractivity (Wildman–Crippen MR) is 126 cm³/mol. The second-order valence-electron chi connectivity index (χ2n) is 8.04. The lowest BCUT2D eigenvalue weighted by Gasteiger charge is -2.27. The Balaban J connectivity index is 1.59. The van der Waals surface area contributed by atoms with Crippen molar-refractivity contribution in [1.82, 2.24) is 8.87 Å². The molecule has 8 heteroatoms. The molecule has 1 saturated heterocycles. The van der Waals surface area contributed by atoms with Crippen LogP contribution in [0.5, 0.6) is 5.75 Å². The molecular formula is C24H29N3O4S. The number of hydrogen-bond acceptors (Lipinski definition) is 4. The number of amides is 1. The van der Waals surface area contributed by atoms with Gasteiger partial charge in [-0.3, -0.25) is 4.79 Å². The van der Waals surface area contributed by atoms with E-state index in [0.29, 0.717) is 31.1 Å². The van der Waals surface area contributed by atoms with Crippen molar-refractivity contribution in [3.8, 4) is 5.75 Å². The molecule has 1 aromatic heterocycles. The Labute approximate surface area is 189 Å². The molecular weight excluding hydrogens is 426 g/mol. The van der Waals surface area contributed by atoms with E-state index in [-0.39, 0.29) is 17.3 Å². The summed E-state index contributed by atoms with van der Waals surface area (Å²) >= 11 is 0. The van der Waals surface area contributed by atoms with Crippen LogP contribution in [0.2, 0.25) is 0 Å². The Bertz CT molecular complexity index is 1230. The van der Waals surface area contributed by atoms with E-state index in [4.69, 9.17) is 4.74 Å². The average Bonchev–Trinajstić information content (AvgIpc) is 3.10. The number of anilines is 1. The van der Waals surface area contributed by atoms with Crippen LogP contribution in [0, 0.1) is 6.92 Å². The van der Waals surface area contributed by atoms with Crippen LogP contribution in [0.3, 0.4) is 0 Å². The van der Waals surface area contributed by atoms with Crippen LogP contribution >= 0.6 is 0 Å². The Morgan fingerprint density at radius 3 is 2.56 bits per heavy atom. The van der Waals surface area contributed by atoms with Gasteiger partial charge in [0.15, 0.2) is 0 Å². The minimum atomic E-state index is -3.71. The smallest absolute Gasteiger partial charge is 0.246 e. The van der Waals surface area contributed by atoms with Crippen LogP contribution in [0.25, 0.3) is 10.9 Å². The molecule has 1 fully saturated rings. The van der Waals surface area contributed by atoms with Crippen molar-refractivity contribution in [3.05, 3.63) is 54.2 Å². The summed E-state index contributed by atoms with van der Waals surface area (Å²) in [6.45, 7) is 5.29. The van der Waals surface area contributed by atoms with Crippen LogP contribution in [0.1, 0.15) is 31.9 Å². The number of carbonyl (C=O) groups excluding carboxylic acids is 1. The number of sulfonamides is 1. The first kappa shape index (κ1) is 22.4. The second-order valence-corrected chi connectivity index (χ2v) is 9.94. The van der Waals surface area contributed by atoms with Gasteiger partial charge in [-0.05, 0) is 62.4 Å². The summed E-state index contributed by atoms with van der Waals surface area (Å²) in [6.07, 6.45) is 2.74. The van der Waals surface area contributed by atoms with E-state index in [2.05, 4.69) is 5.32 Å². The van der Waals surface area contributed by atoms with Crippen LogP contribution in [-0.4, -0.2) is 42.9 Å². The summed E-state index contributed by atoms with van der Waals surface area (Å²) in [7, 11) is -3.71. The number of nitrogens with zero attached hydrogens (tertiary/aromatic N) is 2. The van der Waals surface area contributed by atoms with Crippen molar-refractivity contribution in [2.24, 2.45) is 0 Å². The van der Waals surface area contributed by atoms with Crippen molar-refractivity contribution in [2.75, 3.05) is 25.0 Å². The molecule has 0 radical (unpaired) electrons. The fourth-order valence-electron chi connectivity index (χ4n) is 4.21. The Hall–Kier alpha value is -2.84. The molecule has 0 unspecified atom stereocenters. The second kappa shape index (κ2) is 9.34. The first-order chi connectivity index (χ1) is 15.4. The molecule has 0 saturated carbocycles. The van der Waals surface area contributed by atoms with Gasteiger partial charge in [-0.2, -0.15) is 4.31 Å². The number of piperidine rings is 1. The average molecular weight is 456 g/mol. The van der Waals surface area contributed by atoms with E-state index >= 15 is 0 Å². The quantitative estimate of drug-likeness (QED) is 0.580. The van der Waals surface area contributed by atoms with E-state index in [1.165, 1.54) is 10.4 Å². The SMILES string of the molecule is CCOc1ccc(NC(=O)Cn2c(C)cc3ccccc32)cc1S(=O)(=O)N1CCCCC1. The molecule has 2 aromatic carbocycles. The normalized spacial score (nSPS) is 15.1. The molecule has 1 aliphatic rings. The summed E-state index contributed by atoms with van der Waals surface area (Å²) in [6, 6.07) is 14.8. The highest BCUT2D eigenvalue weighted by Crippen LogP contribution is 2.31. The lowest BCUT2D eigenvalue weighted by molar-refractivity contribution is -0.116. The Kier molecular flexibility index (Phi) is 6.53. The largest absolute Gasteiger partial charge is 0.492 e. The molecule has 170 valence electrons. The lowest BCUT2D eigenvalue weighted by atomic mass is 10.2. The molecule has 32 heavy (non-hydrogen) atoms. The molecule has 7 nitrogen and oxygen atoms in total. The van der Waals surface area contributed by atoms with Gasteiger partial charge in [0.05, 0.1) is 6.61 Å². The number of fused-ring (bicyclic) bond motifs is 1. The van der Waals surface area contributed by atoms with E-state index < -0.39 is 10.0 Å². The number of aromatic nitrogens is 1. The molecule has 0 spiro atoms. The number of aryl methyl sites for hydroxylation is 1. The number of benzene rings is 2. The number of rotatable bonds is 7. The van der Waals surface area contributed by atoms with Gasteiger partial charge in [-0.25, -0.2) is 8.42 Å². The Morgan fingerprint density at radius 1 is 1.06 bits per heavy atom. The van der Waals surface area contributed by atoms with Gasteiger partial charge in [0, 0.05) is 30.0 Å². The van der Waals surface area contributed by atoms with E-state index in [9.17, 15) is 13.2 Å². The van der Waals surface area contributed by atoms with E-state index in [1.54, 1.807) is 12.1 Å². The van der Waals surface area contributed by atoms with Crippen LogP contribution in [0.15, 0.2) is 53.4 Å². The van der Waals surface area contributed by atoms with Gasteiger partial charge < -0.3 is 14.6 Å². The van der Waals surface area contributed by atoms with Crippen molar-refractivity contribution >= 4 is 32.5 Å². The number of para-hydroxylation sites is 1. The third-order valence-electron chi connectivity index (χ3n) is 5.78. The number of hydrogen-bond donors (Lipinski definition) is 1. The molecule has 1 N–H and O–H groups in total. The predicted octanol–water partition coefficient (Wildman–Crippen LogP) is 4.16. The van der Waals surface area contributed by atoms with Gasteiger partial charge in [0.25, 0.3) is 0 Å². The highest BCUT2D eigenvalue weighted by Gasteiger charge is 2.29. The molecule has 1 amide bonds. The zero-order valence-corrected chi connectivity index (χ0v) is 19.3. The first-order valence-corrected chi connectivity index (χ1v) is 12.5. The van der Waals surface area contributed by atoms with Gasteiger partial charge in [-0.15, -0.1) is 0 Å². The summed E-state index contributed by atoms with van der Waals surface area (Å²) in [5.74, 6) is 0.0863. The number of carbonyl (C=O) groups is 1. The topological polar surface area (TPSA) is 80.6 Å². The highest BCUT2D eigenvalue weighted by molar-refractivity contribution is 7.89. The first-order valence-electron chi connectivity index (χ1n) is 11.0. The fourth-order valence-corrected chi connectivity index (χ4v) is 5.88. The third kappa shape index (κ3) is 4.52. The molecule has 0 atom stereocenters. The third-order valence-corrected chi connectivity index (χ3v) is 7.70. The minimum absolute atomic E-state index is 0.0987. The molecule has 3 aromatic rings. The van der Waals surface area contributed by atoms with Crippen molar-refractivity contribution in [1.29, 1.82) is 0 Å². The van der Waals surface area contributed by atoms with Gasteiger partial charge in [-0.1, -0.05) is 24.6 Å². The van der Waals surface area contributed by atoms with Gasteiger partial charge in [0.2, 0.25) is 15.9 Å². The van der Waals surface area contributed by atoms with Gasteiger partial charge in [0.1, 0.15) is 17.2 Å². The monoisotopic (exact) mass is 455 g/mol. The van der Waals surface area contributed by atoms with Crippen LogP contribution in [0.4, 0.5) is 5.69 Å². The maximum atomic E-state index is 13.3. The van der Waals surface area contributed by atoms with E-state index in [1.807, 2.05) is 48.7 Å². The van der Waals surface area contributed by atoms with Crippen LogP contribution < -0.4 is 10.1 Å². The Morgan fingerprint density at radius 2 is 1.81 bits per heavy atom. The maximum Gasteiger partial charge on any atom is 0.246 e. The minimum Gasteiger partial charge on any atom is -0.492 e. The summed E-state index contributed by atoms with van der Waals surface area (Å²) in [5, 5.41) is 3.94. The maximum absolute atomic E-state index is 13.3. The number of ether oxygens (including phenoxy) is 1.